The molecule has 162 valence electrons. The van der Waals surface area contributed by atoms with Gasteiger partial charge in [-0.2, -0.15) is 4.98 Å². The first-order chi connectivity index (χ1) is 15.1. The zero-order chi connectivity index (χ0) is 21.6. The Hall–Kier alpha value is -3.46. The lowest BCUT2D eigenvalue weighted by Crippen LogP contribution is -2.49. The third-order valence-corrected chi connectivity index (χ3v) is 5.08. The molecule has 1 saturated heterocycles. The van der Waals surface area contributed by atoms with Gasteiger partial charge in [-0.05, 0) is 36.4 Å². The molecular weight excluding hydrogens is 403 g/mol. The molecule has 0 radical (unpaired) electrons. The summed E-state index contributed by atoms with van der Waals surface area (Å²) >= 11 is 0. The molecule has 4 rings (SSSR count). The Bertz CT molecular complexity index is 1020. The van der Waals surface area contributed by atoms with Crippen LogP contribution < -0.4 is 9.47 Å². The Morgan fingerprint density at radius 1 is 1.10 bits per heavy atom. The van der Waals surface area contributed by atoms with Crippen molar-refractivity contribution < 1.29 is 23.2 Å². The van der Waals surface area contributed by atoms with E-state index in [0.29, 0.717) is 55.9 Å². The zero-order valence-electron chi connectivity index (χ0n) is 17.2. The number of hydrogen-bond acceptors (Lipinski definition) is 7. The van der Waals surface area contributed by atoms with Crippen LogP contribution in [0.1, 0.15) is 5.89 Å². The number of carbonyl (C=O) groups excluding carboxylic acids is 1. The van der Waals surface area contributed by atoms with Crippen molar-refractivity contribution in [3.8, 4) is 22.9 Å². The average Bonchev–Trinajstić information content (AvgIpc) is 3.27. The van der Waals surface area contributed by atoms with Gasteiger partial charge >= 0.3 is 0 Å². The fourth-order valence-electron chi connectivity index (χ4n) is 3.37. The summed E-state index contributed by atoms with van der Waals surface area (Å²) in [6.07, 6.45) is 0. The third-order valence-electron chi connectivity index (χ3n) is 5.08. The van der Waals surface area contributed by atoms with Crippen molar-refractivity contribution in [3.63, 3.8) is 0 Å². The van der Waals surface area contributed by atoms with E-state index in [1.54, 1.807) is 12.0 Å². The first-order valence-corrected chi connectivity index (χ1v) is 9.97. The van der Waals surface area contributed by atoms with Crippen LogP contribution in [0.4, 0.5) is 4.39 Å². The van der Waals surface area contributed by atoms with Gasteiger partial charge in [0.05, 0.1) is 19.2 Å². The number of carbonyl (C=O) groups is 1. The Morgan fingerprint density at radius 3 is 2.58 bits per heavy atom. The van der Waals surface area contributed by atoms with Crippen molar-refractivity contribution in [3.05, 3.63) is 60.2 Å². The van der Waals surface area contributed by atoms with Crippen molar-refractivity contribution in [1.82, 2.24) is 19.9 Å². The fourth-order valence-corrected chi connectivity index (χ4v) is 3.37. The van der Waals surface area contributed by atoms with E-state index in [9.17, 15) is 9.18 Å². The van der Waals surface area contributed by atoms with Gasteiger partial charge in [-0.1, -0.05) is 17.3 Å². The maximum Gasteiger partial charge on any atom is 0.260 e. The molecule has 0 saturated carbocycles. The number of nitrogens with zero attached hydrogens (tertiary/aromatic N) is 4. The number of hydrogen-bond donors (Lipinski definition) is 0. The number of amides is 1. The molecule has 0 aliphatic carbocycles. The van der Waals surface area contributed by atoms with Crippen molar-refractivity contribution in [2.75, 3.05) is 39.9 Å². The largest absolute Gasteiger partial charge is 0.496 e. The fraction of sp³-hybridized carbons (Fsp3) is 0.318. The SMILES string of the molecule is COc1ccccc1-c1noc(CN2CCN(C(=O)COc3ccc(F)cc3)CC2)n1. The predicted molar refractivity (Wildman–Crippen MR) is 110 cm³/mol. The van der Waals surface area contributed by atoms with Crippen LogP contribution >= 0.6 is 0 Å². The quantitative estimate of drug-likeness (QED) is 0.574. The summed E-state index contributed by atoms with van der Waals surface area (Å²) in [6, 6.07) is 13.1. The molecule has 0 bridgehead atoms. The normalized spacial score (nSPS) is 14.5. The van der Waals surface area contributed by atoms with Crippen LogP contribution in [0.2, 0.25) is 0 Å². The van der Waals surface area contributed by atoms with Gasteiger partial charge in [0, 0.05) is 26.2 Å². The number of halogens is 1. The molecule has 3 aromatic rings. The first-order valence-electron chi connectivity index (χ1n) is 9.97. The van der Waals surface area contributed by atoms with E-state index in [4.69, 9.17) is 14.0 Å². The van der Waals surface area contributed by atoms with E-state index in [1.165, 1.54) is 24.3 Å². The lowest BCUT2D eigenvalue weighted by atomic mass is 10.2. The maximum atomic E-state index is 12.9. The molecule has 0 N–H and O–H groups in total. The molecule has 8 nitrogen and oxygen atoms in total. The number of benzene rings is 2. The Labute approximate surface area is 179 Å². The summed E-state index contributed by atoms with van der Waals surface area (Å²) in [5, 5.41) is 4.06. The van der Waals surface area contributed by atoms with Gasteiger partial charge in [-0.15, -0.1) is 0 Å². The van der Waals surface area contributed by atoms with Crippen molar-refractivity contribution in [2.24, 2.45) is 0 Å². The summed E-state index contributed by atoms with van der Waals surface area (Å²) in [5.41, 5.74) is 0.775. The van der Waals surface area contributed by atoms with E-state index in [2.05, 4.69) is 15.0 Å². The number of methoxy groups -OCH3 is 1. The topological polar surface area (TPSA) is 80.9 Å². The number of para-hydroxylation sites is 1. The standard InChI is InChI=1S/C22H23FN4O4/c1-29-19-5-3-2-4-18(19)22-24-20(31-25-22)14-26-10-12-27(13-11-26)21(28)15-30-17-8-6-16(23)7-9-17/h2-9H,10-15H2,1H3. The van der Waals surface area contributed by atoms with Crippen molar-refractivity contribution in [1.29, 1.82) is 0 Å². The van der Waals surface area contributed by atoms with E-state index in [0.717, 1.165) is 5.56 Å². The summed E-state index contributed by atoms with van der Waals surface area (Å²) in [7, 11) is 1.60. The maximum absolute atomic E-state index is 12.9. The molecule has 9 heteroatoms. The van der Waals surface area contributed by atoms with Gasteiger partial charge in [0.25, 0.3) is 5.91 Å². The van der Waals surface area contributed by atoms with Crippen LogP contribution in [0.5, 0.6) is 11.5 Å². The molecule has 1 aromatic heterocycles. The highest BCUT2D eigenvalue weighted by atomic mass is 19.1. The molecule has 0 unspecified atom stereocenters. The van der Waals surface area contributed by atoms with Crippen molar-refractivity contribution in [2.45, 2.75) is 6.54 Å². The van der Waals surface area contributed by atoms with Gasteiger partial charge < -0.3 is 18.9 Å². The summed E-state index contributed by atoms with van der Waals surface area (Å²) in [5.74, 6) is 1.71. The molecular formula is C22H23FN4O4. The molecule has 1 aliphatic heterocycles. The molecule has 2 heterocycles. The zero-order valence-corrected chi connectivity index (χ0v) is 17.2. The minimum Gasteiger partial charge on any atom is -0.496 e. The van der Waals surface area contributed by atoms with Gasteiger partial charge in [-0.3, -0.25) is 9.69 Å². The highest BCUT2D eigenvalue weighted by molar-refractivity contribution is 5.77. The summed E-state index contributed by atoms with van der Waals surface area (Å²) in [6.45, 7) is 2.98. The van der Waals surface area contributed by atoms with E-state index in [1.807, 2.05) is 24.3 Å². The van der Waals surface area contributed by atoms with Crippen molar-refractivity contribution >= 4 is 5.91 Å². The summed E-state index contributed by atoms with van der Waals surface area (Å²) in [4.78, 5) is 20.8. The van der Waals surface area contributed by atoms with E-state index >= 15 is 0 Å². The lowest BCUT2D eigenvalue weighted by molar-refractivity contribution is -0.135. The van der Waals surface area contributed by atoms with Gasteiger partial charge in [0.1, 0.15) is 17.3 Å². The number of rotatable bonds is 7. The summed E-state index contributed by atoms with van der Waals surface area (Å²) < 4.78 is 29.1. The van der Waals surface area contributed by atoms with Crippen LogP contribution in [0.25, 0.3) is 11.4 Å². The van der Waals surface area contributed by atoms with Gasteiger partial charge in [-0.25, -0.2) is 4.39 Å². The molecule has 31 heavy (non-hydrogen) atoms. The van der Waals surface area contributed by atoms with E-state index < -0.39 is 0 Å². The van der Waals surface area contributed by atoms with Crippen LogP contribution in [-0.2, 0) is 11.3 Å². The third kappa shape index (κ3) is 5.18. The Morgan fingerprint density at radius 2 is 1.84 bits per heavy atom. The second-order valence-electron chi connectivity index (χ2n) is 7.11. The second kappa shape index (κ2) is 9.57. The van der Waals surface area contributed by atoms with Crippen LogP contribution in [-0.4, -0.2) is 65.7 Å². The molecule has 1 fully saturated rings. The Kier molecular flexibility index (Phi) is 6.42. The number of aromatic nitrogens is 2. The van der Waals surface area contributed by atoms with Gasteiger partial charge in [0.2, 0.25) is 11.7 Å². The Balaban J connectivity index is 1.26. The second-order valence-corrected chi connectivity index (χ2v) is 7.11. The molecule has 2 aromatic carbocycles. The van der Waals surface area contributed by atoms with Crippen LogP contribution in [0.3, 0.4) is 0 Å². The van der Waals surface area contributed by atoms with E-state index in [-0.39, 0.29) is 18.3 Å². The average molecular weight is 426 g/mol. The van der Waals surface area contributed by atoms with Crippen LogP contribution in [0.15, 0.2) is 53.1 Å². The smallest absolute Gasteiger partial charge is 0.260 e. The molecule has 1 amide bonds. The lowest BCUT2D eigenvalue weighted by Gasteiger charge is -2.33. The molecule has 0 spiro atoms. The number of ether oxygens (including phenoxy) is 2. The highest BCUT2D eigenvalue weighted by Crippen LogP contribution is 2.27. The van der Waals surface area contributed by atoms with Crippen LogP contribution in [0, 0.1) is 5.82 Å². The number of piperazine rings is 1. The monoisotopic (exact) mass is 426 g/mol. The molecule has 1 aliphatic rings. The van der Waals surface area contributed by atoms with Gasteiger partial charge in [0.15, 0.2) is 6.61 Å². The predicted octanol–water partition coefficient (Wildman–Crippen LogP) is 2.61. The highest BCUT2D eigenvalue weighted by Gasteiger charge is 2.23. The minimum absolute atomic E-state index is 0.0719. The first kappa shape index (κ1) is 20.8. The minimum atomic E-state index is -0.342. The molecule has 0 atom stereocenters.